The second kappa shape index (κ2) is 7.68. The molecule has 160 valence electrons. The van der Waals surface area contributed by atoms with E-state index in [4.69, 9.17) is 9.26 Å². The number of amides is 1. The highest BCUT2D eigenvalue weighted by Gasteiger charge is 2.35. The molecule has 0 spiro atoms. The molecule has 1 aromatic carbocycles. The van der Waals surface area contributed by atoms with E-state index < -0.39 is 0 Å². The number of aromatic nitrogens is 3. The zero-order chi connectivity index (χ0) is 21.5. The van der Waals surface area contributed by atoms with E-state index in [0.717, 1.165) is 24.0 Å². The average molecular weight is 420 g/mol. The molecule has 0 N–H and O–H groups in total. The van der Waals surface area contributed by atoms with E-state index in [1.807, 2.05) is 38.4 Å². The Hall–Kier alpha value is -3.42. The lowest BCUT2D eigenvalue weighted by Crippen LogP contribution is -2.44. The quantitative estimate of drug-likeness (QED) is 0.646. The lowest BCUT2D eigenvalue weighted by atomic mass is 9.85. The van der Waals surface area contributed by atoms with Crippen molar-refractivity contribution in [1.82, 2.24) is 19.8 Å². The molecule has 1 amide bonds. The molecule has 3 aromatic rings. The van der Waals surface area contributed by atoms with Crippen LogP contribution in [-0.2, 0) is 7.05 Å². The molecule has 8 nitrogen and oxygen atoms in total. The number of likely N-dealkylation sites (tertiary alicyclic amines) is 1. The summed E-state index contributed by atoms with van der Waals surface area (Å²) in [6, 6.07) is 7.41. The molecule has 2 aliphatic rings. The van der Waals surface area contributed by atoms with Gasteiger partial charge in [0.15, 0.2) is 17.2 Å². The number of benzene rings is 1. The van der Waals surface area contributed by atoms with Gasteiger partial charge in [-0.15, -0.1) is 0 Å². The fraction of sp³-hybridized carbons (Fsp3) is 0.391. The Balaban J connectivity index is 1.22. The highest BCUT2D eigenvalue weighted by molar-refractivity contribution is 6.00. The van der Waals surface area contributed by atoms with E-state index in [1.165, 1.54) is 0 Å². The highest BCUT2D eigenvalue weighted by atomic mass is 16.5. The molecule has 2 aliphatic heterocycles. The van der Waals surface area contributed by atoms with Gasteiger partial charge in [0, 0.05) is 38.8 Å². The summed E-state index contributed by atoms with van der Waals surface area (Å²) in [6.07, 6.45) is 5.32. The SMILES string of the molecule is Cc1ccc2c(c1)C(=O)CC(C1CCN(C(=O)c3cc(-c4cnn(C)c4)on3)CC1)O2. The van der Waals surface area contributed by atoms with Crippen LogP contribution in [0.4, 0.5) is 0 Å². The Bertz CT molecular complexity index is 1140. The number of nitrogens with zero attached hydrogens (tertiary/aromatic N) is 4. The first-order valence-electron chi connectivity index (χ1n) is 10.5. The van der Waals surface area contributed by atoms with E-state index >= 15 is 0 Å². The van der Waals surface area contributed by atoms with Crippen molar-refractivity contribution < 1.29 is 18.8 Å². The van der Waals surface area contributed by atoms with Crippen LogP contribution in [0.2, 0.25) is 0 Å². The first-order valence-corrected chi connectivity index (χ1v) is 10.5. The van der Waals surface area contributed by atoms with Gasteiger partial charge >= 0.3 is 0 Å². The molecular weight excluding hydrogens is 396 g/mol. The van der Waals surface area contributed by atoms with Crippen molar-refractivity contribution in [1.29, 1.82) is 0 Å². The smallest absolute Gasteiger partial charge is 0.276 e. The number of carbonyl (C=O) groups excluding carboxylic acids is 2. The van der Waals surface area contributed by atoms with E-state index in [-0.39, 0.29) is 23.7 Å². The normalized spacial score (nSPS) is 19.2. The van der Waals surface area contributed by atoms with Gasteiger partial charge in [-0.3, -0.25) is 14.3 Å². The Morgan fingerprint density at radius 1 is 1.19 bits per heavy atom. The molecule has 5 rings (SSSR count). The predicted molar refractivity (Wildman–Crippen MR) is 112 cm³/mol. The molecule has 0 bridgehead atoms. The minimum atomic E-state index is -0.140. The van der Waals surface area contributed by atoms with Crippen molar-refractivity contribution in [2.45, 2.75) is 32.3 Å². The van der Waals surface area contributed by atoms with Crippen LogP contribution < -0.4 is 4.74 Å². The third-order valence-electron chi connectivity index (χ3n) is 6.17. The van der Waals surface area contributed by atoms with Gasteiger partial charge in [0.1, 0.15) is 11.9 Å². The van der Waals surface area contributed by atoms with Crippen LogP contribution in [0.1, 0.15) is 45.7 Å². The van der Waals surface area contributed by atoms with E-state index in [1.54, 1.807) is 21.8 Å². The van der Waals surface area contributed by atoms with Gasteiger partial charge in [-0.05, 0) is 37.8 Å². The summed E-state index contributed by atoms with van der Waals surface area (Å²) in [4.78, 5) is 27.3. The first-order chi connectivity index (χ1) is 15.0. The fourth-order valence-electron chi connectivity index (χ4n) is 4.42. The van der Waals surface area contributed by atoms with Crippen LogP contribution in [0.25, 0.3) is 11.3 Å². The zero-order valence-electron chi connectivity index (χ0n) is 17.6. The number of carbonyl (C=O) groups is 2. The standard InChI is InChI=1S/C23H24N4O4/c1-14-3-4-20-17(9-14)19(28)11-21(30-20)15-5-7-27(8-6-15)23(29)18-10-22(31-25-18)16-12-24-26(2)13-16/h3-4,9-10,12-13,15,21H,5-8,11H2,1-2H3. The van der Waals surface area contributed by atoms with Gasteiger partial charge in [-0.1, -0.05) is 16.8 Å². The summed E-state index contributed by atoms with van der Waals surface area (Å²) in [7, 11) is 1.82. The number of Topliss-reactive ketones (excluding diaryl/α,β-unsaturated/α-hetero) is 1. The molecule has 0 aliphatic carbocycles. The Kier molecular flexibility index (Phi) is 4.84. The summed E-state index contributed by atoms with van der Waals surface area (Å²) < 4.78 is 13.2. The highest BCUT2D eigenvalue weighted by Crippen LogP contribution is 2.34. The van der Waals surface area contributed by atoms with Crippen LogP contribution in [0.15, 0.2) is 41.2 Å². The van der Waals surface area contributed by atoms with Gasteiger partial charge in [0.25, 0.3) is 5.91 Å². The van der Waals surface area contributed by atoms with Crippen molar-refractivity contribution in [2.75, 3.05) is 13.1 Å². The van der Waals surface area contributed by atoms with Crippen molar-refractivity contribution >= 4 is 11.7 Å². The lowest BCUT2D eigenvalue weighted by molar-refractivity contribution is 0.0447. The summed E-state index contributed by atoms with van der Waals surface area (Å²) in [5, 5.41) is 8.07. The monoisotopic (exact) mass is 420 g/mol. The van der Waals surface area contributed by atoms with Crippen molar-refractivity contribution in [3.8, 4) is 17.1 Å². The third-order valence-corrected chi connectivity index (χ3v) is 6.17. The Morgan fingerprint density at radius 2 is 2.00 bits per heavy atom. The minimum Gasteiger partial charge on any atom is -0.489 e. The summed E-state index contributed by atoms with van der Waals surface area (Å²) in [5.41, 5.74) is 2.81. The van der Waals surface area contributed by atoms with Gasteiger partial charge in [-0.25, -0.2) is 0 Å². The number of hydrogen-bond donors (Lipinski definition) is 0. The van der Waals surface area contributed by atoms with Crippen molar-refractivity contribution in [2.24, 2.45) is 13.0 Å². The molecule has 2 aromatic heterocycles. The number of aryl methyl sites for hydroxylation is 2. The third kappa shape index (κ3) is 3.73. The Morgan fingerprint density at radius 3 is 2.74 bits per heavy atom. The molecule has 8 heteroatoms. The topological polar surface area (TPSA) is 90.5 Å². The van der Waals surface area contributed by atoms with Crippen LogP contribution in [0, 0.1) is 12.8 Å². The number of ether oxygens (including phenoxy) is 1. The number of ketones is 1. The van der Waals surface area contributed by atoms with E-state index in [9.17, 15) is 9.59 Å². The molecule has 1 atom stereocenters. The van der Waals surface area contributed by atoms with Crippen molar-refractivity contribution in [3.05, 3.63) is 53.5 Å². The van der Waals surface area contributed by atoms with E-state index in [0.29, 0.717) is 42.3 Å². The molecule has 1 unspecified atom stereocenters. The number of fused-ring (bicyclic) bond motifs is 1. The number of hydrogen-bond acceptors (Lipinski definition) is 6. The summed E-state index contributed by atoms with van der Waals surface area (Å²) in [6.45, 7) is 3.18. The van der Waals surface area contributed by atoms with Gasteiger partial charge in [0.05, 0.1) is 17.3 Å². The lowest BCUT2D eigenvalue weighted by Gasteiger charge is -2.37. The average Bonchev–Trinajstić information content (AvgIpc) is 3.43. The summed E-state index contributed by atoms with van der Waals surface area (Å²) >= 11 is 0. The molecular formula is C23H24N4O4. The maximum atomic E-state index is 12.9. The molecule has 4 heterocycles. The number of piperidine rings is 1. The molecule has 1 saturated heterocycles. The maximum Gasteiger partial charge on any atom is 0.276 e. The first kappa shape index (κ1) is 19.5. The molecule has 31 heavy (non-hydrogen) atoms. The van der Waals surface area contributed by atoms with Gasteiger partial charge in [-0.2, -0.15) is 5.10 Å². The number of rotatable bonds is 3. The fourth-order valence-corrected chi connectivity index (χ4v) is 4.42. The van der Waals surface area contributed by atoms with Crippen LogP contribution in [0.3, 0.4) is 0 Å². The second-order valence-electron chi connectivity index (χ2n) is 8.39. The molecule has 0 saturated carbocycles. The molecule has 1 fully saturated rings. The van der Waals surface area contributed by atoms with Crippen LogP contribution >= 0.6 is 0 Å². The second-order valence-corrected chi connectivity index (χ2v) is 8.39. The summed E-state index contributed by atoms with van der Waals surface area (Å²) in [5.74, 6) is 1.44. The molecule has 0 radical (unpaired) electrons. The van der Waals surface area contributed by atoms with Crippen molar-refractivity contribution in [3.63, 3.8) is 0 Å². The Labute approximate surface area is 179 Å². The van der Waals surface area contributed by atoms with Gasteiger partial charge < -0.3 is 14.2 Å². The van der Waals surface area contributed by atoms with Crippen LogP contribution in [0.5, 0.6) is 5.75 Å². The van der Waals surface area contributed by atoms with E-state index in [2.05, 4.69) is 10.3 Å². The zero-order valence-corrected chi connectivity index (χ0v) is 17.6. The maximum absolute atomic E-state index is 12.9. The van der Waals surface area contributed by atoms with Crippen LogP contribution in [-0.4, -0.2) is 50.7 Å². The largest absolute Gasteiger partial charge is 0.489 e. The van der Waals surface area contributed by atoms with Gasteiger partial charge in [0.2, 0.25) is 0 Å². The predicted octanol–water partition coefficient (Wildman–Crippen LogP) is 3.27. The minimum absolute atomic E-state index is 0.135.